The molecule has 0 atom stereocenters. The van der Waals surface area contributed by atoms with E-state index in [4.69, 9.17) is 4.74 Å². The molecule has 3 aromatic rings. The number of ketones is 1. The van der Waals surface area contributed by atoms with Gasteiger partial charge in [-0.3, -0.25) is 4.79 Å². The minimum Gasteiger partial charge on any atom is -0.478 e. The summed E-state index contributed by atoms with van der Waals surface area (Å²) in [6.07, 6.45) is 8.74. The Morgan fingerprint density at radius 3 is 2.44 bits per heavy atom. The van der Waals surface area contributed by atoms with E-state index in [1.807, 2.05) is 19.1 Å². The average Bonchev–Trinajstić information content (AvgIpc) is 3.00. The summed E-state index contributed by atoms with van der Waals surface area (Å²) in [7, 11) is 0. The van der Waals surface area contributed by atoms with E-state index in [2.05, 4.69) is 21.6 Å². The number of aromatic carboxylic acids is 1. The normalized spacial score (nSPS) is 18.1. The number of benzene rings is 3. The van der Waals surface area contributed by atoms with Crippen molar-refractivity contribution < 1.29 is 19.4 Å². The summed E-state index contributed by atoms with van der Waals surface area (Å²) >= 11 is 0. The number of anilines is 1. The Hall–Kier alpha value is -3.93. The van der Waals surface area contributed by atoms with Gasteiger partial charge in [-0.25, -0.2) is 9.37 Å². The summed E-state index contributed by atoms with van der Waals surface area (Å²) in [5.74, 6) is 0.761. The number of carbonyl (C=O) groups excluding carboxylic acids is 1. The van der Waals surface area contributed by atoms with Crippen molar-refractivity contribution >= 4 is 23.0 Å². The Morgan fingerprint density at radius 2 is 1.63 bits per heavy atom. The summed E-state index contributed by atoms with van der Waals surface area (Å²) in [6.45, 7) is 6.13. The predicted molar refractivity (Wildman–Crippen MR) is 158 cm³/mol. The molecule has 0 aromatic heterocycles. The van der Waals surface area contributed by atoms with E-state index in [-0.39, 0.29) is 11.3 Å². The van der Waals surface area contributed by atoms with Crippen molar-refractivity contribution in [2.45, 2.75) is 64.7 Å². The molecule has 208 valence electrons. The second kappa shape index (κ2) is 9.30. The molecule has 5 aliphatic rings. The molecule has 5 aliphatic heterocycles. The molecule has 0 saturated heterocycles. The minimum atomic E-state index is -1.01. The second-order valence-corrected chi connectivity index (χ2v) is 12.2. The van der Waals surface area contributed by atoms with Crippen molar-refractivity contribution in [2.24, 2.45) is 0 Å². The van der Waals surface area contributed by atoms with Crippen molar-refractivity contribution in [3.05, 3.63) is 85.4 Å². The Balaban J connectivity index is 1.51. The first kappa shape index (κ1) is 24.8. The standard InChI is InChI=1S/C35H34N2O4/c1-2-29(38)20-11-12-23(26(17-20)35(39)40)30-27-18-21-7-3-13-36-15-5-9-24(31(21)36)33(27)41-34-25-10-6-16-37-14-4-8-22(32(25)37)19-28(30)34/h11-12,17-19H,2-10,13-16H2,1H3/p+1. The lowest BCUT2D eigenvalue weighted by Gasteiger charge is -2.39. The number of nitrogens with zero attached hydrogens (tertiary/aromatic N) is 2. The SMILES string of the molecule is CCC(=O)c1ccc(C2=c3cc4c5c(c3Oc3c2cc2c6c3CCCN6CCC2)CCC[N+]=5CCC4)c(C(=O)O)c1. The maximum atomic E-state index is 12.8. The van der Waals surface area contributed by atoms with E-state index in [1.54, 1.807) is 6.07 Å². The molecule has 1 N–H and O–H groups in total. The van der Waals surface area contributed by atoms with Crippen LogP contribution in [0.4, 0.5) is 5.69 Å². The molecular weight excluding hydrogens is 512 g/mol. The summed E-state index contributed by atoms with van der Waals surface area (Å²) in [5.41, 5.74) is 9.83. The third kappa shape index (κ3) is 3.65. The molecule has 0 unspecified atom stereocenters. The molecule has 3 aromatic carbocycles. The van der Waals surface area contributed by atoms with Crippen molar-refractivity contribution in [2.75, 3.05) is 31.1 Å². The van der Waals surface area contributed by atoms with Gasteiger partial charge in [0.15, 0.2) is 5.78 Å². The summed E-state index contributed by atoms with van der Waals surface area (Å²) < 4.78 is 9.60. The van der Waals surface area contributed by atoms with Crippen LogP contribution in [0.3, 0.4) is 0 Å². The van der Waals surface area contributed by atoms with Gasteiger partial charge in [-0.2, -0.15) is 0 Å². The maximum Gasteiger partial charge on any atom is 0.336 e. The largest absolute Gasteiger partial charge is 0.478 e. The zero-order valence-corrected chi connectivity index (χ0v) is 23.6. The quantitative estimate of drug-likeness (QED) is 0.303. The molecule has 0 bridgehead atoms. The lowest BCUT2D eigenvalue weighted by molar-refractivity contribution is 0.0696. The molecule has 0 amide bonds. The third-order valence-corrected chi connectivity index (χ3v) is 9.85. The molecule has 0 fully saturated rings. The van der Waals surface area contributed by atoms with E-state index >= 15 is 0 Å². The number of aryl methyl sites for hydroxylation is 2. The van der Waals surface area contributed by atoms with Crippen molar-refractivity contribution in [3.63, 3.8) is 0 Å². The van der Waals surface area contributed by atoms with Crippen LogP contribution >= 0.6 is 0 Å². The summed E-state index contributed by atoms with van der Waals surface area (Å²) in [5, 5.41) is 12.8. The summed E-state index contributed by atoms with van der Waals surface area (Å²) in [4.78, 5) is 27.9. The monoisotopic (exact) mass is 547 g/mol. The smallest absolute Gasteiger partial charge is 0.336 e. The fourth-order valence-corrected chi connectivity index (χ4v) is 8.12. The van der Waals surface area contributed by atoms with Gasteiger partial charge < -0.3 is 14.7 Å². The molecule has 0 radical (unpaired) electrons. The lowest BCUT2D eigenvalue weighted by atomic mass is 9.81. The van der Waals surface area contributed by atoms with E-state index < -0.39 is 5.97 Å². The van der Waals surface area contributed by atoms with Crippen LogP contribution < -0.4 is 24.8 Å². The Labute approximate surface area is 239 Å². The first-order valence-corrected chi connectivity index (χ1v) is 15.4. The zero-order valence-electron chi connectivity index (χ0n) is 23.6. The van der Waals surface area contributed by atoms with Crippen LogP contribution in [-0.4, -0.2) is 43.0 Å². The predicted octanol–water partition coefficient (Wildman–Crippen LogP) is 4.41. The van der Waals surface area contributed by atoms with Gasteiger partial charge in [-0.15, -0.1) is 0 Å². The fourth-order valence-electron chi connectivity index (χ4n) is 8.12. The fraction of sp³-hybridized carbons (Fsp3) is 0.400. The van der Waals surface area contributed by atoms with Crippen molar-refractivity contribution in [1.82, 2.24) is 4.58 Å². The van der Waals surface area contributed by atoms with Gasteiger partial charge in [0.1, 0.15) is 24.6 Å². The topological polar surface area (TPSA) is 69.8 Å². The van der Waals surface area contributed by atoms with Crippen LogP contribution in [0.1, 0.15) is 93.1 Å². The molecular formula is C35H35N2O4+. The molecule has 6 nitrogen and oxygen atoms in total. The first-order chi connectivity index (χ1) is 20.0. The number of ether oxygens (including phenoxy) is 1. The Morgan fingerprint density at radius 1 is 0.878 bits per heavy atom. The Kier molecular flexibility index (Phi) is 5.63. The third-order valence-electron chi connectivity index (χ3n) is 9.85. The van der Waals surface area contributed by atoms with E-state index in [1.165, 1.54) is 33.3 Å². The van der Waals surface area contributed by atoms with Crippen molar-refractivity contribution in [1.29, 1.82) is 0 Å². The summed E-state index contributed by atoms with van der Waals surface area (Å²) in [6, 6.07) is 9.84. The molecule has 0 saturated carbocycles. The van der Waals surface area contributed by atoms with Crippen LogP contribution in [-0.2, 0) is 25.7 Å². The molecule has 0 spiro atoms. The van der Waals surface area contributed by atoms with Gasteiger partial charge in [0.25, 0.3) is 0 Å². The molecule has 8 rings (SSSR count). The van der Waals surface area contributed by atoms with E-state index in [0.29, 0.717) is 17.5 Å². The average molecular weight is 548 g/mol. The molecule has 0 aliphatic carbocycles. The maximum absolute atomic E-state index is 12.8. The number of rotatable bonds is 4. The molecule has 5 heterocycles. The molecule has 41 heavy (non-hydrogen) atoms. The Bertz CT molecular complexity index is 1810. The van der Waals surface area contributed by atoms with Crippen LogP contribution in [0.25, 0.3) is 5.57 Å². The lowest BCUT2D eigenvalue weighted by Crippen LogP contribution is -2.45. The van der Waals surface area contributed by atoms with Crippen molar-refractivity contribution in [3.8, 4) is 11.5 Å². The van der Waals surface area contributed by atoms with Crippen LogP contribution in [0.15, 0.2) is 30.3 Å². The van der Waals surface area contributed by atoms with Gasteiger partial charge >= 0.3 is 5.97 Å². The van der Waals surface area contributed by atoms with Gasteiger partial charge in [0.05, 0.1) is 11.1 Å². The van der Waals surface area contributed by atoms with Gasteiger partial charge in [0, 0.05) is 71.1 Å². The van der Waals surface area contributed by atoms with Gasteiger partial charge in [-0.05, 0) is 67.9 Å². The zero-order chi connectivity index (χ0) is 27.8. The number of Topliss-reactive ketones (excluding diaryl/α,β-unsaturated/α-hetero) is 1. The number of hydrogen-bond acceptors (Lipinski definition) is 4. The van der Waals surface area contributed by atoms with Gasteiger partial charge in [-0.1, -0.05) is 19.1 Å². The van der Waals surface area contributed by atoms with Crippen LogP contribution in [0.2, 0.25) is 0 Å². The highest BCUT2D eigenvalue weighted by Crippen LogP contribution is 2.48. The first-order valence-electron chi connectivity index (χ1n) is 15.4. The minimum absolute atomic E-state index is 0.0472. The number of fused-ring (bicyclic) bond motifs is 4. The van der Waals surface area contributed by atoms with Gasteiger partial charge in [0.2, 0.25) is 5.36 Å². The number of carbonyl (C=O) groups is 2. The number of carboxylic acids is 1. The second-order valence-electron chi connectivity index (χ2n) is 12.2. The molecule has 6 heteroatoms. The van der Waals surface area contributed by atoms with E-state index in [9.17, 15) is 14.7 Å². The highest BCUT2D eigenvalue weighted by atomic mass is 16.5. The van der Waals surface area contributed by atoms with E-state index in [0.717, 1.165) is 105 Å². The highest BCUT2D eigenvalue weighted by molar-refractivity contribution is 6.03. The van der Waals surface area contributed by atoms with Crippen LogP contribution in [0.5, 0.6) is 11.5 Å². The highest BCUT2D eigenvalue weighted by Gasteiger charge is 2.36. The number of carboxylic acid groups (broad SMARTS) is 1. The van der Waals surface area contributed by atoms with Crippen LogP contribution in [0, 0.1) is 0 Å². The number of hydrogen-bond donors (Lipinski definition) is 1.